The first kappa shape index (κ1) is 11.6. The van der Waals surface area contributed by atoms with Gasteiger partial charge >= 0.3 is 0 Å². The summed E-state index contributed by atoms with van der Waals surface area (Å²) in [6.45, 7) is 1.58. The summed E-state index contributed by atoms with van der Waals surface area (Å²) in [5, 5.41) is 1.10. The van der Waals surface area contributed by atoms with Crippen LogP contribution in [-0.2, 0) is 0 Å². The van der Waals surface area contributed by atoms with Crippen molar-refractivity contribution in [1.29, 1.82) is 0 Å². The first-order valence-corrected chi connectivity index (χ1v) is 6.21. The molecule has 0 N–H and O–H groups in total. The fourth-order valence-electron chi connectivity index (χ4n) is 2.24. The number of fused-ring (bicyclic) bond motifs is 1. The second-order valence-electron chi connectivity index (χ2n) is 4.52. The van der Waals surface area contributed by atoms with Crippen LogP contribution in [0, 0.1) is 0 Å². The van der Waals surface area contributed by atoms with Crippen molar-refractivity contribution in [2.24, 2.45) is 0 Å². The minimum atomic E-state index is 0.0787. The Morgan fingerprint density at radius 2 is 1.79 bits per heavy atom. The van der Waals surface area contributed by atoms with E-state index in [2.05, 4.69) is 4.98 Å². The summed E-state index contributed by atoms with van der Waals surface area (Å²) in [5.74, 6) is 0.0787. The summed E-state index contributed by atoms with van der Waals surface area (Å²) in [6, 6.07) is 17.7. The van der Waals surface area contributed by atoms with Gasteiger partial charge in [0.15, 0.2) is 5.78 Å². The molecule has 0 aliphatic carbocycles. The summed E-state index contributed by atoms with van der Waals surface area (Å²) in [7, 11) is 0. The molecule has 0 amide bonds. The third kappa shape index (κ3) is 2.13. The fraction of sp³-hybridized carbons (Fsp3) is 0.0588. The molecule has 0 bridgehead atoms. The molecule has 1 aromatic heterocycles. The van der Waals surface area contributed by atoms with Gasteiger partial charge in [-0.25, -0.2) is 0 Å². The zero-order valence-electron chi connectivity index (χ0n) is 10.6. The largest absolute Gasteiger partial charge is 0.295 e. The van der Waals surface area contributed by atoms with Gasteiger partial charge in [-0.1, -0.05) is 42.5 Å². The maximum atomic E-state index is 11.5. The highest BCUT2D eigenvalue weighted by molar-refractivity contribution is 5.98. The van der Waals surface area contributed by atoms with Gasteiger partial charge in [0.2, 0.25) is 0 Å². The zero-order chi connectivity index (χ0) is 13.2. The molecule has 3 aromatic rings. The quantitative estimate of drug-likeness (QED) is 0.638. The van der Waals surface area contributed by atoms with Crippen molar-refractivity contribution in [1.82, 2.24) is 4.98 Å². The lowest BCUT2D eigenvalue weighted by Gasteiger charge is -2.07. The molecule has 1 heterocycles. The summed E-state index contributed by atoms with van der Waals surface area (Å²) < 4.78 is 0. The van der Waals surface area contributed by atoms with Crippen molar-refractivity contribution in [3.05, 3.63) is 66.4 Å². The number of aromatic nitrogens is 1. The third-order valence-corrected chi connectivity index (χ3v) is 3.21. The van der Waals surface area contributed by atoms with E-state index in [1.165, 1.54) is 0 Å². The molecule has 0 unspecified atom stereocenters. The number of benzene rings is 2. The number of pyridine rings is 1. The second kappa shape index (κ2) is 4.65. The number of hydrogen-bond acceptors (Lipinski definition) is 2. The predicted octanol–water partition coefficient (Wildman–Crippen LogP) is 4.10. The van der Waals surface area contributed by atoms with E-state index in [9.17, 15) is 4.79 Å². The molecule has 0 fully saturated rings. The van der Waals surface area contributed by atoms with E-state index in [-0.39, 0.29) is 5.78 Å². The van der Waals surface area contributed by atoms with Gasteiger partial charge in [0, 0.05) is 22.7 Å². The number of carbonyl (C=O) groups is 1. The van der Waals surface area contributed by atoms with Gasteiger partial charge < -0.3 is 0 Å². The van der Waals surface area contributed by atoms with Gasteiger partial charge in [-0.3, -0.25) is 9.78 Å². The maximum absolute atomic E-state index is 11.5. The van der Waals surface area contributed by atoms with Crippen LogP contribution >= 0.6 is 0 Å². The van der Waals surface area contributed by atoms with Crippen LogP contribution in [-0.4, -0.2) is 10.8 Å². The summed E-state index contributed by atoms with van der Waals surface area (Å²) in [5.41, 5.74) is 3.77. The van der Waals surface area contributed by atoms with E-state index >= 15 is 0 Å². The van der Waals surface area contributed by atoms with Crippen LogP contribution in [0.5, 0.6) is 0 Å². The Hall–Kier alpha value is -2.48. The van der Waals surface area contributed by atoms with Gasteiger partial charge in [0.25, 0.3) is 0 Å². The van der Waals surface area contributed by atoms with Gasteiger partial charge in [-0.15, -0.1) is 0 Å². The Kier molecular flexibility index (Phi) is 2.84. The smallest absolute Gasteiger partial charge is 0.159 e. The monoisotopic (exact) mass is 247 g/mol. The molecule has 0 atom stereocenters. The molecule has 2 nitrogen and oxygen atoms in total. The Bertz CT molecular complexity index is 757. The number of para-hydroxylation sites is 1. The van der Waals surface area contributed by atoms with E-state index in [4.69, 9.17) is 0 Å². The van der Waals surface area contributed by atoms with Crippen LogP contribution in [0.25, 0.3) is 22.0 Å². The molecule has 3 rings (SSSR count). The molecule has 2 aromatic carbocycles. The highest BCUT2D eigenvalue weighted by Crippen LogP contribution is 2.27. The number of nitrogens with zero attached hydrogens (tertiary/aromatic N) is 1. The summed E-state index contributed by atoms with van der Waals surface area (Å²) >= 11 is 0. The Morgan fingerprint density at radius 3 is 2.63 bits per heavy atom. The van der Waals surface area contributed by atoms with Crippen molar-refractivity contribution in [2.45, 2.75) is 6.92 Å². The summed E-state index contributed by atoms with van der Waals surface area (Å²) in [6.07, 6.45) is 1.79. The lowest BCUT2D eigenvalue weighted by Crippen LogP contribution is -1.92. The highest BCUT2D eigenvalue weighted by atomic mass is 16.1. The molecule has 0 saturated carbocycles. The van der Waals surface area contributed by atoms with Gasteiger partial charge in [0.05, 0.1) is 5.52 Å². The number of rotatable bonds is 2. The van der Waals surface area contributed by atoms with E-state index in [0.717, 1.165) is 27.6 Å². The number of carbonyl (C=O) groups excluding carboxylic acids is 1. The van der Waals surface area contributed by atoms with Crippen LogP contribution in [0.1, 0.15) is 17.3 Å². The SMILES string of the molecule is CC(=O)c1cccc(-c2cccc3cccnc23)c1. The summed E-state index contributed by atoms with van der Waals surface area (Å²) in [4.78, 5) is 15.9. The number of ketones is 1. The van der Waals surface area contributed by atoms with Gasteiger partial charge in [-0.05, 0) is 24.6 Å². The molecule has 0 saturated heterocycles. The minimum Gasteiger partial charge on any atom is -0.295 e. The molecule has 0 aliphatic heterocycles. The topological polar surface area (TPSA) is 30.0 Å². The van der Waals surface area contributed by atoms with Crippen LogP contribution in [0.15, 0.2) is 60.8 Å². The first-order chi connectivity index (χ1) is 9.25. The average Bonchev–Trinajstić information content (AvgIpc) is 2.47. The lowest BCUT2D eigenvalue weighted by molar-refractivity contribution is 0.101. The van der Waals surface area contributed by atoms with Crippen LogP contribution in [0.4, 0.5) is 0 Å². The Morgan fingerprint density at radius 1 is 1.00 bits per heavy atom. The van der Waals surface area contributed by atoms with Crippen molar-refractivity contribution in [3.8, 4) is 11.1 Å². The Labute approximate surface area is 111 Å². The van der Waals surface area contributed by atoms with Crippen molar-refractivity contribution >= 4 is 16.7 Å². The maximum Gasteiger partial charge on any atom is 0.159 e. The first-order valence-electron chi connectivity index (χ1n) is 6.21. The van der Waals surface area contributed by atoms with Crippen molar-refractivity contribution in [2.75, 3.05) is 0 Å². The number of hydrogen-bond donors (Lipinski definition) is 0. The minimum absolute atomic E-state index is 0.0787. The van der Waals surface area contributed by atoms with Gasteiger partial charge in [0.1, 0.15) is 0 Å². The highest BCUT2D eigenvalue weighted by Gasteiger charge is 2.06. The van der Waals surface area contributed by atoms with Crippen molar-refractivity contribution in [3.63, 3.8) is 0 Å². The van der Waals surface area contributed by atoms with Gasteiger partial charge in [-0.2, -0.15) is 0 Å². The predicted molar refractivity (Wildman–Crippen MR) is 77.2 cm³/mol. The van der Waals surface area contributed by atoms with E-state index in [1.807, 2.05) is 54.6 Å². The average molecular weight is 247 g/mol. The molecule has 0 radical (unpaired) electrons. The third-order valence-electron chi connectivity index (χ3n) is 3.21. The van der Waals surface area contributed by atoms with Crippen molar-refractivity contribution < 1.29 is 4.79 Å². The number of Topliss-reactive ketones (excluding diaryl/α,β-unsaturated/α-hetero) is 1. The molecule has 0 spiro atoms. The molecule has 19 heavy (non-hydrogen) atoms. The lowest BCUT2D eigenvalue weighted by atomic mass is 9.99. The second-order valence-corrected chi connectivity index (χ2v) is 4.52. The molecule has 0 aliphatic rings. The van der Waals surface area contributed by atoms with E-state index < -0.39 is 0 Å². The normalized spacial score (nSPS) is 10.6. The molecular formula is C17H13NO. The van der Waals surface area contributed by atoms with Crippen LogP contribution in [0.3, 0.4) is 0 Å². The Balaban J connectivity index is 2.24. The molecule has 92 valence electrons. The zero-order valence-corrected chi connectivity index (χ0v) is 10.6. The van der Waals surface area contributed by atoms with Crippen LogP contribution in [0.2, 0.25) is 0 Å². The van der Waals surface area contributed by atoms with E-state index in [0.29, 0.717) is 0 Å². The molecular weight excluding hydrogens is 234 g/mol. The fourth-order valence-corrected chi connectivity index (χ4v) is 2.24. The standard InChI is InChI=1S/C17H13NO/c1-12(19)14-6-2-7-15(11-14)16-9-3-5-13-8-4-10-18-17(13)16/h2-11H,1H3. The molecule has 2 heteroatoms. The van der Waals surface area contributed by atoms with E-state index in [1.54, 1.807) is 13.1 Å². The van der Waals surface area contributed by atoms with Crippen LogP contribution < -0.4 is 0 Å².